The summed E-state index contributed by atoms with van der Waals surface area (Å²) in [5.41, 5.74) is 24.9. The van der Waals surface area contributed by atoms with Crippen LogP contribution in [0, 0.1) is 41.5 Å². The van der Waals surface area contributed by atoms with E-state index in [1.165, 1.54) is 111 Å². The van der Waals surface area contributed by atoms with Crippen LogP contribution in [-0.4, -0.2) is 0 Å². The van der Waals surface area contributed by atoms with Gasteiger partial charge in [0.2, 0.25) is 0 Å². The Hall–Kier alpha value is -8.46. The first-order valence-corrected chi connectivity index (χ1v) is 24.9. The number of anilines is 3. The van der Waals surface area contributed by atoms with Crippen LogP contribution in [0.2, 0.25) is 0 Å². The summed E-state index contributed by atoms with van der Waals surface area (Å²) in [4.78, 5) is 2.42. The van der Waals surface area contributed by atoms with Gasteiger partial charge < -0.3 is 9.32 Å². The van der Waals surface area contributed by atoms with Gasteiger partial charge in [-0.25, -0.2) is 0 Å². The molecule has 340 valence electrons. The number of hydrogen-bond donors (Lipinski definition) is 0. The fraction of sp³-hybridized carbons (Fsp3) is 0.101. The molecule has 0 N–H and O–H groups in total. The lowest BCUT2D eigenvalue weighted by Gasteiger charge is -2.39. The molecule has 0 unspecified atom stereocenters. The zero-order valence-corrected chi connectivity index (χ0v) is 41.1. The maximum atomic E-state index is 6.59. The number of nitrogens with zero attached hydrogens (tertiary/aromatic N) is 1. The van der Waals surface area contributed by atoms with E-state index < -0.39 is 5.41 Å². The summed E-state index contributed by atoms with van der Waals surface area (Å²) in [6, 6.07) is 79.0. The second-order valence-corrected chi connectivity index (χ2v) is 20.1. The Morgan fingerprint density at radius 3 is 1.45 bits per heavy atom. The lowest BCUT2D eigenvalue weighted by molar-refractivity contribution is 0.669. The molecule has 0 saturated carbocycles. The highest BCUT2D eigenvalue weighted by atomic mass is 16.3. The third-order valence-corrected chi connectivity index (χ3v) is 15.4. The molecular weight excluding hydrogens is 859 g/mol. The third kappa shape index (κ3) is 6.77. The summed E-state index contributed by atoms with van der Waals surface area (Å²) < 4.78 is 6.59. The molecule has 0 amide bonds. The first-order valence-electron chi connectivity index (χ1n) is 24.9. The predicted octanol–water partition coefficient (Wildman–Crippen LogP) is 18.9. The molecule has 0 atom stereocenters. The Bertz CT molecular complexity index is 4030. The van der Waals surface area contributed by atoms with E-state index >= 15 is 0 Å². The van der Waals surface area contributed by atoms with Gasteiger partial charge in [-0.15, -0.1) is 0 Å². The fourth-order valence-electron chi connectivity index (χ4n) is 12.7. The number of aryl methyl sites for hydroxylation is 6. The van der Waals surface area contributed by atoms with Gasteiger partial charge in [-0.05, 0) is 202 Å². The van der Waals surface area contributed by atoms with Crippen LogP contribution in [0.1, 0.15) is 55.6 Å². The minimum absolute atomic E-state index is 0.573. The van der Waals surface area contributed by atoms with Crippen LogP contribution in [0.3, 0.4) is 0 Å². The van der Waals surface area contributed by atoms with E-state index in [9.17, 15) is 0 Å². The first kappa shape index (κ1) is 42.6. The van der Waals surface area contributed by atoms with E-state index in [4.69, 9.17) is 4.42 Å². The molecule has 2 nitrogen and oxygen atoms in total. The zero-order chi connectivity index (χ0) is 48.1. The lowest BCUT2D eigenvalue weighted by Crippen LogP contribution is -2.33. The Labute approximate surface area is 416 Å². The van der Waals surface area contributed by atoms with Gasteiger partial charge in [0.1, 0.15) is 11.2 Å². The molecule has 0 fully saturated rings. The average molecular weight is 912 g/mol. The van der Waals surface area contributed by atoms with Crippen LogP contribution in [0.4, 0.5) is 17.1 Å². The molecule has 1 aliphatic carbocycles. The smallest absolute Gasteiger partial charge is 0.137 e. The van der Waals surface area contributed by atoms with Crippen LogP contribution < -0.4 is 4.90 Å². The summed E-state index contributed by atoms with van der Waals surface area (Å²) in [6.07, 6.45) is 0. The van der Waals surface area contributed by atoms with E-state index in [2.05, 4.69) is 253 Å². The van der Waals surface area contributed by atoms with Gasteiger partial charge in [-0.2, -0.15) is 0 Å². The van der Waals surface area contributed by atoms with Crippen molar-refractivity contribution >= 4 is 60.5 Å². The van der Waals surface area contributed by atoms with E-state index in [1.54, 1.807) is 0 Å². The molecule has 1 aromatic heterocycles. The monoisotopic (exact) mass is 911 g/mol. The van der Waals surface area contributed by atoms with Crippen molar-refractivity contribution in [3.05, 3.63) is 268 Å². The summed E-state index contributed by atoms with van der Waals surface area (Å²) in [5, 5.41) is 7.20. The van der Waals surface area contributed by atoms with Crippen LogP contribution >= 0.6 is 0 Å². The largest absolute Gasteiger partial charge is 0.456 e. The highest BCUT2D eigenvalue weighted by Gasteiger charge is 2.49. The number of rotatable bonds is 7. The normalized spacial score (nSPS) is 12.8. The van der Waals surface area contributed by atoms with Crippen molar-refractivity contribution in [3.8, 4) is 33.4 Å². The Morgan fingerprint density at radius 2 is 0.789 bits per heavy atom. The number of para-hydroxylation sites is 1. The topological polar surface area (TPSA) is 16.4 Å². The number of furan rings is 1. The van der Waals surface area contributed by atoms with Crippen molar-refractivity contribution in [3.63, 3.8) is 0 Å². The summed E-state index contributed by atoms with van der Waals surface area (Å²) in [7, 11) is 0. The van der Waals surface area contributed by atoms with Crippen molar-refractivity contribution in [1.82, 2.24) is 0 Å². The van der Waals surface area contributed by atoms with Gasteiger partial charge in [0.25, 0.3) is 0 Å². The summed E-state index contributed by atoms with van der Waals surface area (Å²) >= 11 is 0. The molecule has 0 aliphatic heterocycles. The molecule has 13 rings (SSSR count). The molecule has 2 heteroatoms. The summed E-state index contributed by atoms with van der Waals surface area (Å²) in [6.45, 7) is 13.7. The standard InChI is InChI=1S/C69H53NO/c1-42-33-44(3)67(45(4)34-42)69(68-46(5)35-43(2)36-47(68)6)63-17-11-9-15-59(63)60-31-29-57(40-64(60)69)70(58-30-32-62-61-16-10-12-18-65(61)71-66(62)41-58)56-27-25-49(26-28-56)51-21-22-54-39-55(24-23-53(54)38-51)52-20-19-48-13-7-8-14-50(48)37-52/h7-41H,1-6H3. The van der Waals surface area contributed by atoms with Crippen molar-refractivity contribution < 1.29 is 4.42 Å². The van der Waals surface area contributed by atoms with E-state index in [1.807, 2.05) is 6.07 Å². The molecule has 1 aliphatic rings. The summed E-state index contributed by atoms with van der Waals surface area (Å²) in [5.74, 6) is 0. The zero-order valence-electron chi connectivity index (χ0n) is 41.1. The van der Waals surface area contributed by atoms with Gasteiger partial charge in [-0.1, -0.05) is 157 Å². The molecule has 71 heavy (non-hydrogen) atoms. The Kier molecular flexibility index (Phi) is 9.80. The molecule has 0 radical (unpaired) electrons. The molecule has 1 heterocycles. The van der Waals surface area contributed by atoms with Crippen LogP contribution in [0.25, 0.3) is 76.9 Å². The van der Waals surface area contributed by atoms with E-state index in [-0.39, 0.29) is 0 Å². The molecule has 0 bridgehead atoms. The van der Waals surface area contributed by atoms with E-state index in [0.717, 1.165) is 39.0 Å². The Morgan fingerprint density at radius 1 is 0.324 bits per heavy atom. The van der Waals surface area contributed by atoms with Crippen molar-refractivity contribution in [2.45, 2.75) is 47.0 Å². The van der Waals surface area contributed by atoms with Crippen molar-refractivity contribution in [2.75, 3.05) is 4.90 Å². The minimum Gasteiger partial charge on any atom is -0.456 e. The highest BCUT2D eigenvalue weighted by Crippen LogP contribution is 2.60. The molecule has 0 saturated heterocycles. The number of fused-ring (bicyclic) bond motifs is 8. The maximum Gasteiger partial charge on any atom is 0.137 e. The van der Waals surface area contributed by atoms with Gasteiger partial charge in [0.05, 0.1) is 5.41 Å². The molecular formula is C69H53NO. The third-order valence-electron chi connectivity index (χ3n) is 15.4. The minimum atomic E-state index is -0.573. The van der Waals surface area contributed by atoms with Gasteiger partial charge in [0.15, 0.2) is 0 Å². The predicted molar refractivity (Wildman–Crippen MR) is 300 cm³/mol. The average Bonchev–Trinajstić information content (AvgIpc) is 3.89. The molecule has 11 aromatic carbocycles. The maximum absolute atomic E-state index is 6.59. The second kappa shape index (κ2) is 16.3. The second-order valence-electron chi connectivity index (χ2n) is 20.1. The quantitative estimate of drug-likeness (QED) is 0.158. The number of hydrogen-bond acceptors (Lipinski definition) is 2. The SMILES string of the molecule is Cc1cc(C)c(C2(c3c(C)cc(C)cc3C)c3ccccc3-c3ccc(N(c4ccc(-c5ccc6cc(-c7ccc8ccccc8c7)ccc6c5)cc4)c4ccc5c(c4)oc4ccccc45)cc32)c(C)c1. The van der Waals surface area contributed by atoms with Crippen molar-refractivity contribution in [2.24, 2.45) is 0 Å². The molecule has 12 aromatic rings. The van der Waals surface area contributed by atoms with E-state index in [0.29, 0.717) is 0 Å². The highest BCUT2D eigenvalue weighted by molar-refractivity contribution is 6.06. The van der Waals surface area contributed by atoms with Crippen LogP contribution in [0.5, 0.6) is 0 Å². The van der Waals surface area contributed by atoms with Gasteiger partial charge in [0, 0.05) is 33.9 Å². The van der Waals surface area contributed by atoms with Gasteiger partial charge >= 0.3 is 0 Å². The van der Waals surface area contributed by atoms with Crippen molar-refractivity contribution in [1.29, 1.82) is 0 Å². The lowest BCUT2D eigenvalue weighted by atomic mass is 9.63. The first-order chi connectivity index (χ1) is 34.6. The number of benzene rings is 11. The van der Waals surface area contributed by atoms with Crippen LogP contribution in [-0.2, 0) is 5.41 Å². The van der Waals surface area contributed by atoms with Crippen LogP contribution in [0.15, 0.2) is 217 Å². The Balaban J connectivity index is 0.977. The van der Waals surface area contributed by atoms with Gasteiger partial charge in [-0.3, -0.25) is 0 Å². The molecule has 0 spiro atoms. The fourth-order valence-corrected chi connectivity index (χ4v) is 12.7.